The van der Waals surface area contributed by atoms with Gasteiger partial charge in [0, 0.05) is 12.0 Å². The molecule has 1 aliphatic carbocycles. The molecule has 2 aliphatic rings. The molecule has 1 heterocycles. The van der Waals surface area contributed by atoms with Crippen molar-refractivity contribution in [3.63, 3.8) is 0 Å². The average molecular weight is 339 g/mol. The Morgan fingerprint density at radius 3 is 2.79 bits per heavy atom. The van der Waals surface area contributed by atoms with Gasteiger partial charge in [-0.2, -0.15) is 18.3 Å². The van der Waals surface area contributed by atoms with Crippen LogP contribution in [0.1, 0.15) is 36.5 Å². The molecule has 0 spiro atoms. The molecular formula is C16H16F3N3O2. The van der Waals surface area contributed by atoms with Crippen LogP contribution >= 0.6 is 0 Å². The van der Waals surface area contributed by atoms with Crippen LogP contribution < -0.4 is 5.43 Å². The maximum Gasteiger partial charge on any atom is 0.416 e. The zero-order valence-corrected chi connectivity index (χ0v) is 13.2. The number of benzene rings is 1. The van der Waals surface area contributed by atoms with Gasteiger partial charge in [-0.15, -0.1) is 0 Å². The SMILES string of the molecule is CCCC12Cc3cc(C(F)(F)F)ccc3C1=NC(C(=O)OC)=NN2. The summed E-state index contributed by atoms with van der Waals surface area (Å²) in [5, 5.41) is 3.97. The second-order valence-electron chi connectivity index (χ2n) is 5.88. The molecule has 1 aromatic carbocycles. The van der Waals surface area contributed by atoms with Crippen LogP contribution in [0.5, 0.6) is 0 Å². The lowest BCUT2D eigenvalue weighted by molar-refractivity contribution is -0.137. The highest BCUT2D eigenvalue weighted by molar-refractivity contribution is 6.39. The van der Waals surface area contributed by atoms with Crippen LogP contribution in [-0.4, -0.2) is 30.2 Å². The Hall–Kier alpha value is -2.38. The smallest absolute Gasteiger partial charge is 0.416 e. The Balaban J connectivity index is 2.08. The second kappa shape index (κ2) is 5.61. The Kier molecular flexibility index (Phi) is 3.85. The van der Waals surface area contributed by atoms with Gasteiger partial charge in [-0.3, -0.25) is 5.43 Å². The van der Waals surface area contributed by atoms with Crippen LogP contribution in [0.4, 0.5) is 13.2 Å². The van der Waals surface area contributed by atoms with Crippen LogP contribution in [0.3, 0.4) is 0 Å². The van der Waals surface area contributed by atoms with Crippen molar-refractivity contribution in [2.24, 2.45) is 10.1 Å². The number of carbonyl (C=O) groups excluding carboxylic acids is 1. The van der Waals surface area contributed by atoms with E-state index < -0.39 is 23.2 Å². The molecule has 0 amide bonds. The zero-order valence-electron chi connectivity index (χ0n) is 13.2. The standard InChI is InChI=1S/C16H16F3N3O2/c1-3-6-15-8-9-7-10(16(17,18)19)4-5-11(9)12(15)20-13(21-22-15)14(23)24-2/h4-5,7,22H,3,6,8H2,1-2H3. The minimum absolute atomic E-state index is 0.132. The maximum absolute atomic E-state index is 13.0. The van der Waals surface area contributed by atoms with Crippen molar-refractivity contribution in [1.29, 1.82) is 0 Å². The summed E-state index contributed by atoms with van der Waals surface area (Å²) in [4.78, 5) is 16.0. The number of esters is 1. The molecule has 1 aromatic rings. The van der Waals surface area contributed by atoms with Crippen molar-refractivity contribution in [1.82, 2.24) is 5.43 Å². The van der Waals surface area contributed by atoms with E-state index in [-0.39, 0.29) is 5.84 Å². The quantitative estimate of drug-likeness (QED) is 0.861. The van der Waals surface area contributed by atoms with Crippen molar-refractivity contribution in [3.8, 4) is 0 Å². The summed E-state index contributed by atoms with van der Waals surface area (Å²) in [7, 11) is 1.22. The normalized spacial score (nSPS) is 22.0. The first-order valence-electron chi connectivity index (χ1n) is 7.53. The molecule has 0 saturated carbocycles. The molecule has 0 fully saturated rings. The van der Waals surface area contributed by atoms with Gasteiger partial charge in [-0.25, -0.2) is 9.79 Å². The number of fused-ring (bicyclic) bond motifs is 3. The van der Waals surface area contributed by atoms with E-state index in [9.17, 15) is 18.0 Å². The van der Waals surface area contributed by atoms with Gasteiger partial charge in [-0.05, 0) is 24.1 Å². The minimum atomic E-state index is -4.40. The largest absolute Gasteiger partial charge is 0.463 e. The Morgan fingerprint density at radius 2 is 2.17 bits per heavy atom. The van der Waals surface area contributed by atoms with Crippen molar-refractivity contribution < 1.29 is 22.7 Å². The van der Waals surface area contributed by atoms with Crippen molar-refractivity contribution in [2.45, 2.75) is 37.9 Å². The van der Waals surface area contributed by atoms with E-state index in [2.05, 4.69) is 20.3 Å². The molecular weight excluding hydrogens is 323 g/mol. The number of nitrogens with one attached hydrogen (secondary N) is 1. The van der Waals surface area contributed by atoms with Gasteiger partial charge in [0.15, 0.2) is 0 Å². The van der Waals surface area contributed by atoms with E-state index in [1.165, 1.54) is 13.2 Å². The van der Waals surface area contributed by atoms with Gasteiger partial charge in [0.2, 0.25) is 0 Å². The fraction of sp³-hybridized carbons (Fsp3) is 0.438. The number of hydrazone groups is 1. The van der Waals surface area contributed by atoms with Crippen molar-refractivity contribution in [2.75, 3.05) is 7.11 Å². The number of nitrogens with zero attached hydrogens (tertiary/aromatic N) is 2. The first-order chi connectivity index (χ1) is 11.3. The molecule has 8 heteroatoms. The summed E-state index contributed by atoms with van der Waals surface area (Å²) in [5.41, 5.74) is 3.27. The monoisotopic (exact) mass is 339 g/mol. The number of hydrogen-bond acceptors (Lipinski definition) is 5. The molecule has 3 rings (SSSR count). The van der Waals surface area contributed by atoms with E-state index in [1.807, 2.05) is 6.92 Å². The highest BCUT2D eigenvalue weighted by atomic mass is 19.4. The topological polar surface area (TPSA) is 63.0 Å². The van der Waals surface area contributed by atoms with E-state index in [0.717, 1.165) is 18.6 Å². The predicted octanol–water partition coefficient (Wildman–Crippen LogP) is 2.68. The molecule has 0 saturated heterocycles. The van der Waals surface area contributed by atoms with Gasteiger partial charge < -0.3 is 4.74 Å². The lowest BCUT2D eigenvalue weighted by atomic mass is 9.89. The number of aliphatic imine (C=N–C) groups is 1. The zero-order chi connectivity index (χ0) is 17.5. The van der Waals surface area contributed by atoms with E-state index >= 15 is 0 Å². The first-order valence-corrected chi connectivity index (χ1v) is 7.53. The van der Waals surface area contributed by atoms with Gasteiger partial charge >= 0.3 is 12.1 Å². The van der Waals surface area contributed by atoms with Gasteiger partial charge in [0.05, 0.1) is 18.4 Å². The second-order valence-corrected chi connectivity index (χ2v) is 5.88. The fourth-order valence-corrected chi connectivity index (χ4v) is 3.24. The number of methoxy groups -OCH3 is 1. The Bertz CT molecular complexity index is 755. The minimum Gasteiger partial charge on any atom is -0.463 e. The van der Waals surface area contributed by atoms with Gasteiger partial charge in [-0.1, -0.05) is 19.4 Å². The van der Waals surface area contributed by atoms with Crippen LogP contribution in [0.15, 0.2) is 28.3 Å². The third-order valence-corrected chi connectivity index (χ3v) is 4.27. The van der Waals surface area contributed by atoms with E-state index in [1.54, 1.807) is 0 Å². The summed E-state index contributed by atoms with van der Waals surface area (Å²) in [6.45, 7) is 1.97. The van der Waals surface area contributed by atoms with Crippen LogP contribution in [0.25, 0.3) is 0 Å². The lowest BCUT2D eigenvalue weighted by Gasteiger charge is -2.32. The average Bonchev–Trinajstić information content (AvgIpc) is 2.86. The van der Waals surface area contributed by atoms with Crippen LogP contribution in [0.2, 0.25) is 0 Å². The van der Waals surface area contributed by atoms with Crippen LogP contribution in [0, 0.1) is 0 Å². The molecule has 1 aliphatic heterocycles. The third-order valence-electron chi connectivity index (χ3n) is 4.27. The molecule has 1 atom stereocenters. The summed E-state index contributed by atoms with van der Waals surface area (Å²) in [6, 6.07) is 3.59. The molecule has 0 radical (unpaired) electrons. The number of halogens is 3. The third kappa shape index (κ3) is 2.55. The number of hydrogen-bond donors (Lipinski definition) is 1. The molecule has 0 bridgehead atoms. The highest BCUT2D eigenvalue weighted by Crippen LogP contribution is 2.39. The van der Waals surface area contributed by atoms with E-state index in [0.29, 0.717) is 29.7 Å². The predicted molar refractivity (Wildman–Crippen MR) is 81.9 cm³/mol. The molecule has 1 unspecified atom stereocenters. The van der Waals surface area contributed by atoms with Gasteiger partial charge in [0.25, 0.3) is 5.84 Å². The highest BCUT2D eigenvalue weighted by Gasteiger charge is 2.46. The van der Waals surface area contributed by atoms with Crippen LogP contribution in [-0.2, 0) is 22.1 Å². The number of alkyl halides is 3. The van der Waals surface area contributed by atoms with Gasteiger partial charge in [0.1, 0.15) is 5.54 Å². The Labute approximate surface area is 136 Å². The molecule has 5 nitrogen and oxygen atoms in total. The number of rotatable bonds is 3. The van der Waals surface area contributed by atoms with Crippen molar-refractivity contribution in [3.05, 3.63) is 34.9 Å². The molecule has 1 N–H and O–H groups in total. The van der Waals surface area contributed by atoms with Crippen molar-refractivity contribution >= 4 is 17.5 Å². The summed E-state index contributed by atoms with van der Waals surface area (Å²) < 4.78 is 43.5. The maximum atomic E-state index is 13.0. The molecule has 0 aromatic heterocycles. The number of ether oxygens (including phenoxy) is 1. The summed E-state index contributed by atoms with van der Waals surface area (Å²) >= 11 is 0. The molecule has 24 heavy (non-hydrogen) atoms. The number of amidine groups is 1. The molecule has 128 valence electrons. The number of carbonyl (C=O) groups is 1. The fourth-order valence-electron chi connectivity index (χ4n) is 3.24. The first kappa shape index (κ1) is 16.5. The summed E-state index contributed by atoms with van der Waals surface area (Å²) in [5.74, 6) is -0.826. The lowest BCUT2D eigenvalue weighted by Crippen LogP contribution is -2.51. The summed E-state index contributed by atoms with van der Waals surface area (Å²) in [6.07, 6.45) is -2.63. The Morgan fingerprint density at radius 1 is 1.42 bits per heavy atom. The van der Waals surface area contributed by atoms with E-state index in [4.69, 9.17) is 0 Å².